The fourth-order valence-corrected chi connectivity index (χ4v) is 1.84. The summed E-state index contributed by atoms with van der Waals surface area (Å²) in [5, 5.41) is 10.9. The van der Waals surface area contributed by atoms with E-state index in [4.69, 9.17) is 5.11 Å². The normalized spacial score (nSPS) is 9.69. The van der Waals surface area contributed by atoms with Crippen LogP contribution in [0.25, 0.3) is 0 Å². The molecule has 0 aliphatic carbocycles. The molecule has 0 unspecified atom stereocenters. The highest BCUT2D eigenvalue weighted by Crippen LogP contribution is 2.25. The van der Waals surface area contributed by atoms with Crippen molar-refractivity contribution in [3.8, 4) is 0 Å². The molecular weight excluding hydrogens is 190 g/mol. The zero-order valence-corrected chi connectivity index (χ0v) is 8.09. The van der Waals surface area contributed by atoms with Crippen molar-refractivity contribution < 1.29 is 14.7 Å². The lowest BCUT2D eigenvalue weighted by Crippen LogP contribution is -2.32. The van der Waals surface area contributed by atoms with Crippen LogP contribution in [-0.2, 0) is 9.59 Å². The van der Waals surface area contributed by atoms with E-state index in [0.717, 1.165) is 10.5 Å². The second-order valence-corrected chi connectivity index (χ2v) is 3.47. The summed E-state index contributed by atoms with van der Waals surface area (Å²) in [6.07, 6.45) is 0. The van der Waals surface area contributed by atoms with Gasteiger partial charge in [-0.2, -0.15) is 0 Å². The van der Waals surface area contributed by atoms with Gasteiger partial charge in [0.15, 0.2) is 0 Å². The van der Waals surface area contributed by atoms with Gasteiger partial charge in [0.2, 0.25) is 0 Å². The van der Waals surface area contributed by atoms with E-state index in [9.17, 15) is 9.59 Å². The summed E-state index contributed by atoms with van der Waals surface area (Å²) >= 11 is 1.35. The van der Waals surface area contributed by atoms with Gasteiger partial charge in [-0.1, -0.05) is 0 Å². The minimum atomic E-state index is -1.43. The van der Waals surface area contributed by atoms with E-state index in [1.54, 1.807) is 0 Å². The average Bonchev–Trinajstić information content (AvgIpc) is 2.48. The maximum Gasteiger partial charge on any atom is 0.394 e. The van der Waals surface area contributed by atoms with E-state index in [-0.39, 0.29) is 0 Å². The zero-order valence-electron chi connectivity index (χ0n) is 7.27. The number of hydrogen-bond acceptors (Lipinski definition) is 3. The third-order valence-electron chi connectivity index (χ3n) is 1.63. The first-order chi connectivity index (χ1) is 6.04. The maximum absolute atomic E-state index is 11.0. The Balaban J connectivity index is 2.91. The van der Waals surface area contributed by atoms with Gasteiger partial charge in [0.1, 0.15) is 5.00 Å². The monoisotopic (exact) mass is 199 g/mol. The summed E-state index contributed by atoms with van der Waals surface area (Å²) in [5.74, 6) is -2.35. The molecule has 0 aliphatic heterocycles. The Bertz CT molecular complexity index is 345. The molecule has 13 heavy (non-hydrogen) atoms. The van der Waals surface area contributed by atoms with E-state index in [0.29, 0.717) is 5.00 Å². The predicted molar refractivity (Wildman–Crippen MR) is 50.1 cm³/mol. The maximum atomic E-state index is 11.0. The van der Waals surface area contributed by atoms with Gasteiger partial charge in [0.05, 0.1) is 0 Å². The summed E-state index contributed by atoms with van der Waals surface area (Å²) < 4.78 is 0. The van der Waals surface area contributed by atoms with Gasteiger partial charge in [-0.15, -0.1) is 11.3 Å². The molecule has 0 bridgehead atoms. The van der Waals surface area contributed by atoms with Crippen LogP contribution in [-0.4, -0.2) is 24.0 Å². The van der Waals surface area contributed by atoms with Gasteiger partial charge in [0.25, 0.3) is 0 Å². The summed E-state index contributed by atoms with van der Waals surface area (Å²) in [7, 11) is 1.45. The van der Waals surface area contributed by atoms with Gasteiger partial charge in [-0.25, -0.2) is 4.79 Å². The predicted octanol–water partition coefficient (Wildman–Crippen LogP) is 1.10. The van der Waals surface area contributed by atoms with E-state index in [1.807, 2.05) is 18.4 Å². The molecular formula is C8H9NO3S. The highest BCUT2D eigenvalue weighted by atomic mass is 32.1. The second kappa shape index (κ2) is 3.57. The Morgan fingerprint density at radius 1 is 1.54 bits per heavy atom. The standard InChI is InChI=1S/C8H9NO3S/c1-5-3-4-13-7(5)9(2)6(10)8(11)12/h3-4H,1-2H3,(H,11,12). The molecule has 1 heterocycles. The number of carboxylic acid groups (broad SMARTS) is 1. The number of carboxylic acids is 1. The SMILES string of the molecule is Cc1ccsc1N(C)C(=O)C(=O)O. The molecule has 1 aromatic heterocycles. The molecule has 1 aromatic rings. The number of amides is 1. The molecule has 1 N–H and O–H groups in total. The number of rotatable bonds is 1. The van der Waals surface area contributed by atoms with E-state index >= 15 is 0 Å². The number of anilines is 1. The Morgan fingerprint density at radius 3 is 2.54 bits per heavy atom. The Labute approximate surface area is 79.4 Å². The second-order valence-electron chi connectivity index (χ2n) is 2.58. The Kier molecular flexibility index (Phi) is 2.67. The Morgan fingerprint density at radius 2 is 2.15 bits per heavy atom. The van der Waals surface area contributed by atoms with Gasteiger partial charge in [-0.3, -0.25) is 9.69 Å². The summed E-state index contributed by atoms with van der Waals surface area (Å²) in [4.78, 5) is 22.5. The molecule has 0 spiro atoms. The molecule has 1 rings (SSSR count). The fourth-order valence-electron chi connectivity index (χ4n) is 0.944. The van der Waals surface area contributed by atoms with Crippen molar-refractivity contribution in [1.82, 2.24) is 0 Å². The average molecular weight is 199 g/mol. The third kappa shape index (κ3) is 1.86. The molecule has 0 saturated heterocycles. The van der Waals surface area contributed by atoms with Gasteiger partial charge >= 0.3 is 11.9 Å². The number of likely N-dealkylation sites (N-methyl/N-ethyl adjacent to an activating group) is 1. The van der Waals surface area contributed by atoms with Crippen LogP contribution in [0.1, 0.15) is 5.56 Å². The number of carbonyl (C=O) groups is 2. The highest BCUT2D eigenvalue weighted by Gasteiger charge is 2.20. The Hall–Kier alpha value is -1.36. The van der Waals surface area contributed by atoms with Gasteiger partial charge in [0, 0.05) is 7.05 Å². The third-order valence-corrected chi connectivity index (χ3v) is 2.72. The van der Waals surface area contributed by atoms with E-state index in [2.05, 4.69) is 0 Å². The molecule has 0 atom stereocenters. The van der Waals surface area contributed by atoms with E-state index in [1.165, 1.54) is 18.4 Å². The molecule has 0 saturated carbocycles. The summed E-state index contributed by atoms with van der Waals surface area (Å²) in [5.41, 5.74) is 0.905. The fraction of sp³-hybridized carbons (Fsp3) is 0.250. The summed E-state index contributed by atoms with van der Waals surface area (Å²) in [6, 6.07) is 1.84. The van der Waals surface area contributed by atoms with Crippen molar-refractivity contribution >= 4 is 28.2 Å². The molecule has 0 fully saturated rings. The number of aliphatic carboxylic acids is 1. The lowest BCUT2D eigenvalue weighted by Gasteiger charge is -2.12. The number of aryl methyl sites for hydroxylation is 1. The summed E-state index contributed by atoms with van der Waals surface area (Å²) in [6.45, 7) is 1.83. The van der Waals surface area contributed by atoms with Crippen LogP contribution in [0.5, 0.6) is 0 Å². The molecule has 1 amide bonds. The van der Waals surface area contributed by atoms with Gasteiger partial charge in [-0.05, 0) is 23.9 Å². The van der Waals surface area contributed by atoms with E-state index < -0.39 is 11.9 Å². The largest absolute Gasteiger partial charge is 0.474 e. The van der Waals surface area contributed by atoms with Crippen molar-refractivity contribution in [3.63, 3.8) is 0 Å². The van der Waals surface area contributed by atoms with Crippen molar-refractivity contribution in [1.29, 1.82) is 0 Å². The lowest BCUT2D eigenvalue weighted by atomic mass is 10.3. The number of carbonyl (C=O) groups excluding carboxylic acids is 1. The van der Waals surface area contributed by atoms with Crippen LogP contribution < -0.4 is 4.90 Å². The molecule has 0 aromatic carbocycles. The molecule has 0 radical (unpaired) electrons. The zero-order chi connectivity index (χ0) is 10.0. The number of nitrogens with zero attached hydrogens (tertiary/aromatic N) is 1. The van der Waals surface area contributed by atoms with Crippen LogP contribution in [0, 0.1) is 6.92 Å². The van der Waals surface area contributed by atoms with Crippen molar-refractivity contribution in [2.24, 2.45) is 0 Å². The first kappa shape index (κ1) is 9.73. The van der Waals surface area contributed by atoms with Crippen LogP contribution in [0.15, 0.2) is 11.4 Å². The number of thiophene rings is 1. The lowest BCUT2D eigenvalue weighted by molar-refractivity contribution is -0.148. The van der Waals surface area contributed by atoms with Crippen molar-refractivity contribution in [2.75, 3.05) is 11.9 Å². The topological polar surface area (TPSA) is 57.6 Å². The first-order valence-corrected chi connectivity index (χ1v) is 4.47. The molecule has 0 aliphatic rings. The molecule has 70 valence electrons. The minimum Gasteiger partial charge on any atom is -0.474 e. The van der Waals surface area contributed by atoms with Gasteiger partial charge < -0.3 is 5.11 Å². The minimum absolute atomic E-state index is 0.674. The van der Waals surface area contributed by atoms with Crippen LogP contribution in [0.4, 0.5) is 5.00 Å². The smallest absolute Gasteiger partial charge is 0.394 e. The quantitative estimate of drug-likeness (QED) is 0.689. The van der Waals surface area contributed by atoms with Crippen LogP contribution >= 0.6 is 11.3 Å². The molecule has 5 heteroatoms. The highest BCUT2D eigenvalue weighted by molar-refractivity contribution is 7.14. The number of hydrogen-bond donors (Lipinski definition) is 1. The molecule has 4 nitrogen and oxygen atoms in total. The first-order valence-electron chi connectivity index (χ1n) is 3.59. The van der Waals surface area contributed by atoms with Crippen LogP contribution in [0.2, 0.25) is 0 Å². The van der Waals surface area contributed by atoms with Crippen molar-refractivity contribution in [3.05, 3.63) is 17.0 Å². The van der Waals surface area contributed by atoms with Crippen LogP contribution in [0.3, 0.4) is 0 Å². The van der Waals surface area contributed by atoms with Crippen molar-refractivity contribution in [2.45, 2.75) is 6.92 Å².